The van der Waals surface area contributed by atoms with Crippen LogP contribution in [0.15, 0.2) is 59.5 Å². The summed E-state index contributed by atoms with van der Waals surface area (Å²) in [6, 6.07) is 18.3. The largest absolute Gasteiger partial charge is 0.330 e. The molecule has 0 unspecified atom stereocenters. The summed E-state index contributed by atoms with van der Waals surface area (Å²) in [5, 5.41) is 4.11. The molecule has 0 amide bonds. The van der Waals surface area contributed by atoms with Gasteiger partial charge in [0.15, 0.2) is 5.82 Å². The number of hydrogen-bond donors (Lipinski definition) is 1. The maximum Gasteiger partial charge on any atom is 0.207 e. The summed E-state index contributed by atoms with van der Waals surface area (Å²) in [6.45, 7) is 0. The highest BCUT2D eigenvalue weighted by molar-refractivity contribution is 7.98. The molecule has 0 atom stereocenters. The van der Waals surface area contributed by atoms with Crippen molar-refractivity contribution in [2.45, 2.75) is 4.90 Å². The summed E-state index contributed by atoms with van der Waals surface area (Å²) in [5.41, 5.74) is 2.07. The summed E-state index contributed by atoms with van der Waals surface area (Å²) in [7, 11) is 0. The Kier molecular flexibility index (Phi) is 3.99. The van der Waals surface area contributed by atoms with Crippen LogP contribution in [0, 0.1) is 0 Å². The molecule has 1 N–H and O–H groups in total. The van der Waals surface area contributed by atoms with Crippen LogP contribution in [0.1, 0.15) is 0 Å². The van der Waals surface area contributed by atoms with E-state index in [1.54, 1.807) is 11.8 Å². The Balaban J connectivity index is 1.80. The van der Waals surface area contributed by atoms with Gasteiger partial charge in [0.2, 0.25) is 5.13 Å². The average Bonchev–Trinajstić information content (AvgIpc) is 2.97. The highest BCUT2D eigenvalue weighted by atomic mass is 32.2. The Morgan fingerprint density at radius 2 is 1.90 bits per heavy atom. The van der Waals surface area contributed by atoms with E-state index < -0.39 is 0 Å². The molecule has 2 aromatic carbocycles. The molecule has 0 aliphatic carbocycles. The summed E-state index contributed by atoms with van der Waals surface area (Å²) >= 11 is 3.10. The van der Waals surface area contributed by atoms with Crippen LogP contribution in [0.2, 0.25) is 0 Å². The van der Waals surface area contributed by atoms with Gasteiger partial charge >= 0.3 is 0 Å². The maximum absolute atomic E-state index is 4.52. The van der Waals surface area contributed by atoms with Crippen LogP contribution < -0.4 is 5.32 Å². The summed E-state index contributed by atoms with van der Waals surface area (Å²) in [4.78, 5) is 5.75. The first-order valence-electron chi connectivity index (χ1n) is 6.15. The van der Waals surface area contributed by atoms with Crippen molar-refractivity contribution in [3.63, 3.8) is 0 Å². The van der Waals surface area contributed by atoms with Crippen molar-refractivity contribution in [1.82, 2.24) is 9.36 Å². The third-order valence-electron chi connectivity index (χ3n) is 2.78. The van der Waals surface area contributed by atoms with E-state index in [4.69, 9.17) is 0 Å². The van der Waals surface area contributed by atoms with Crippen LogP contribution in [-0.4, -0.2) is 15.6 Å². The Morgan fingerprint density at radius 3 is 2.70 bits per heavy atom. The van der Waals surface area contributed by atoms with Crippen LogP contribution in [0.5, 0.6) is 0 Å². The van der Waals surface area contributed by atoms with Gasteiger partial charge in [0.05, 0.1) is 0 Å². The first-order chi connectivity index (χ1) is 9.85. The van der Waals surface area contributed by atoms with Crippen molar-refractivity contribution in [2.24, 2.45) is 0 Å². The molecular weight excluding hydrogens is 286 g/mol. The van der Waals surface area contributed by atoms with E-state index in [-0.39, 0.29) is 0 Å². The quantitative estimate of drug-likeness (QED) is 0.710. The summed E-state index contributed by atoms with van der Waals surface area (Å²) < 4.78 is 4.39. The number of anilines is 2. The van der Waals surface area contributed by atoms with E-state index in [1.807, 2.05) is 42.5 Å². The molecule has 5 heteroatoms. The second-order valence-corrected chi connectivity index (χ2v) is 5.78. The van der Waals surface area contributed by atoms with Gasteiger partial charge in [-0.2, -0.15) is 9.36 Å². The lowest BCUT2D eigenvalue weighted by molar-refractivity contribution is 1.31. The fraction of sp³-hybridized carbons (Fsp3) is 0.0667. The third-order valence-corrected chi connectivity index (χ3v) is 4.13. The highest BCUT2D eigenvalue weighted by Gasteiger charge is 2.06. The topological polar surface area (TPSA) is 37.8 Å². The van der Waals surface area contributed by atoms with E-state index in [1.165, 1.54) is 16.4 Å². The molecule has 0 aliphatic heterocycles. The minimum atomic E-state index is 0.763. The predicted molar refractivity (Wildman–Crippen MR) is 86.9 cm³/mol. The number of nitrogens with zero attached hydrogens (tertiary/aromatic N) is 2. The molecule has 0 bridgehead atoms. The van der Waals surface area contributed by atoms with Crippen LogP contribution in [0.25, 0.3) is 11.4 Å². The van der Waals surface area contributed by atoms with Crippen molar-refractivity contribution < 1.29 is 0 Å². The van der Waals surface area contributed by atoms with Crippen molar-refractivity contribution in [3.8, 4) is 11.4 Å². The molecule has 3 rings (SSSR count). The van der Waals surface area contributed by atoms with Gasteiger partial charge in [-0.05, 0) is 24.5 Å². The zero-order valence-corrected chi connectivity index (χ0v) is 12.5. The predicted octanol–water partition coefficient (Wildman–Crippen LogP) is 4.67. The monoisotopic (exact) mass is 299 g/mol. The molecule has 0 saturated heterocycles. The zero-order chi connectivity index (χ0) is 13.8. The van der Waals surface area contributed by atoms with Gasteiger partial charge < -0.3 is 5.32 Å². The van der Waals surface area contributed by atoms with E-state index in [9.17, 15) is 0 Å². The van der Waals surface area contributed by atoms with Gasteiger partial charge in [-0.25, -0.2) is 0 Å². The first kappa shape index (κ1) is 13.1. The Morgan fingerprint density at radius 1 is 1.05 bits per heavy atom. The van der Waals surface area contributed by atoms with E-state index >= 15 is 0 Å². The number of nitrogens with one attached hydrogen (secondary N) is 1. The Labute approximate surface area is 126 Å². The summed E-state index contributed by atoms with van der Waals surface area (Å²) in [5.74, 6) is 0.763. The average molecular weight is 299 g/mol. The number of rotatable bonds is 4. The third kappa shape index (κ3) is 3.00. The molecule has 1 heterocycles. The van der Waals surface area contributed by atoms with Crippen LogP contribution in [0.3, 0.4) is 0 Å². The zero-order valence-electron chi connectivity index (χ0n) is 10.9. The van der Waals surface area contributed by atoms with Crippen LogP contribution in [0.4, 0.5) is 10.8 Å². The van der Waals surface area contributed by atoms with Crippen molar-refractivity contribution in [1.29, 1.82) is 0 Å². The Bertz CT molecular complexity index is 695. The first-order valence-corrected chi connectivity index (χ1v) is 8.15. The molecule has 20 heavy (non-hydrogen) atoms. The molecule has 100 valence electrons. The van der Waals surface area contributed by atoms with Gasteiger partial charge in [-0.3, -0.25) is 0 Å². The minimum Gasteiger partial charge on any atom is -0.330 e. The molecule has 0 saturated carbocycles. The second-order valence-electron chi connectivity index (χ2n) is 4.15. The fourth-order valence-electron chi connectivity index (χ4n) is 1.80. The van der Waals surface area contributed by atoms with Crippen molar-refractivity contribution in [2.75, 3.05) is 11.6 Å². The number of benzene rings is 2. The van der Waals surface area contributed by atoms with Gasteiger partial charge in [0, 0.05) is 27.7 Å². The number of aromatic nitrogens is 2. The number of hydrogen-bond acceptors (Lipinski definition) is 5. The van der Waals surface area contributed by atoms with Crippen molar-refractivity contribution >= 4 is 34.1 Å². The molecular formula is C15H13N3S2. The van der Waals surface area contributed by atoms with E-state index in [0.717, 1.165) is 22.2 Å². The lowest BCUT2D eigenvalue weighted by Gasteiger charge is -2.03. The second kappa shape index (κ2) is 6.07. The normalized spacial score (nSPS) is 10.4. The standard InChI is InChI=1S/C15H13N3S2/c1-19-13-9-5-8-12(10-13)16-15-17-14(18-20-15)11-6-3-2-4-7-11/h2-10H,1H3,(H,16,17,18). The number of thioether (sulfide) groups is 1. The highest BCUT2D eigenvalue weighted by Crippen LogP contribution is 2.25. The van der Waals surface area contributed by atoms with Gasteiger partial charge in [0.1, 0.15) is 0 Å². The summed E-state index contributed by atoms with van der Waals surface area (Å²) in [6.07, 6.45) is 2.07. The fourth-order valence-corrected chi connectivity index (χ4v) is 2.87. The smallest absolute Gasteiger partial charge is 0.207 e. The molecule has 0 spiro atoms. The Hall–Kier alpha value is -1.85. The van der Waals surface area contributed by atoms with Crippen LogP contribution in [-0.2, 0) is 0 Å². The van der Waals surface area contributed by atoms with E-state index in [2.05, 4.69) is 33.1 Å². The van der Waals surface area contributed by atoms with Crippen molar-refractivity contribution in [3.05, 3.63) is 54.6 Å². The molecule has 1 aromatic heterocycles. The molecule has 0 aliphatic rings. The minimum absolute atomic E-state index is 0.763. The molecule has 0 radical (unpaired) electrons. The lowest BCUT2D eigenvalue weighted by atomic mass is 10.2. The van der Waals surface area contributed by atoms with Gasteiger partial charge in [-0.1, -0.05) is 36.4 Å². The SMILES string of the molecule is CSc1cccc(Nc2nc(-c3ccccc3)ns2)c1. The molecule has 3 nitrogen and oxygen atoms in total. The molecule has 3 aromatic rings. The van der Waals surface area contributed by atoms with Gasteiger partial charge in [0.25, 0.3) is 0 Å². The van der Waals surface area contributed by atoms with Crippen LogP contribution >= 0.6 is 23.3 Å². The lowest BCUT2D eigenvalue weighted by Crippen LogP contribution is -1.89. The maximum atomic E-state index is 4.52. The van der Waals surface area contributed by atoms with Gasteiger partial charge in [-0.15, -0.1) is 11.8 Å². The molecule has 0 fully saturated rings. The van der Waals surface area contributed by atoms with E-state index in [0.29, 0.717) is 0 Å².